The summed E-state index contributed by atoms with van der Waals surface area (Å²) in [4.78, 5) is 8.33. The van der Waals surface area contributed by atoms with E-state index in [1.54, 1.807) is 17.8 Å². The first-order valence-electron chi connectivity index (χ1n) is 8.11. The van der Waals surface area contributed by atoms with Crippen molar-refractivity contribution in [2.75, 3.05) is 6.54 Å². The Kier molecular flexibility index (Phi) is 4.04. The van der Waals surface area contributed by atoms with Crippen LogP contribution in [0.2, 0.25) is 0 Å². The molecule has 26 heavy (non-hydrogen) atoms. The number of pyridine rings is 1. The molecule has 7 nitrogen and oxygen atoms in total. The molecule has 3 heterocycles. The van der Waals surface area contributed by atoms with Gasteiger partial charge in [0.05, 0.1) is 30.2 Å². The van der Waals surface area contributed by atoms with Crippen LogP contribution in [-0.4, -0.2) is 39.6 Å². The van der Waals surface area contributed by atoms with Crippen LogP contribution in [0.15, 0.2) is 77.4 Å². The smallest absolute Gasteiger partial charge is 0.298 e. The Morgan fingerprint density at radius 2 is 1.81 bits per heavy atom. The Morgan fingerprint density at radius 1 is 1.04 bits per heavy atom. The van der Waals surface area contributed by atoms with Gasteiger partial charge in [-0.1, -0.05) is 36.4 Å². The third-order valence-corrected chi connectivity index (χ3v) is 5.77. The lowest BCUT2D eigenvalue weighted by atomic mass is 9.93. The minimum atomic E-state index is -3.81. The second-order valence-corrected chi connectivity index (χ2v) is 7.84. The van der Waals surface area contributed by atoms with Crippen LogP contribution in [-0.2, 0) is 17.1 Å². The number of hydrogen-bond acceptors (Lipinski definition) is 5. The highest BCUT2D eigenvalue weighted by Gasteiger charge is 2.37. The predicted molar refractivity (Wildman–Crippen MR) is 97.1 cm³/mol. The van der Waals surface area contributed by atoms with Crippen LogP contribution >= 0.6 is 0 Å². The summed E-state index contributed by atoms with van der Waals surface area (Å²) in [6.07, 6.45) is 4.61. The molecule has 132 valence electrons. The lowest BCUT2D eigenvalue weighted by Crippen LogP contribution is -2.26. The van der Waals surface area contributed by atoms with E-state index in [9.17, 15) is 8.42 Å². The highest BCUT2D eigenvalue weighted by molar-refractivity contribution is 7.89. The van der Waals surface area contributed by atoms with E-state index in [1.807, 2.05) is 48.5 Å². The monoisotopic (exact) mass is 367 g/mol. The molecule has 3 aromatic rings. The Labute approximate surface area is 151 Å². The average molecular weight is 367 g/mol. The summed E-state index contributed by atoms with van der Waals surface area (Å²) in [5, 5.41) is 4.41. The van der Waals surface area contributed by atoms with E-state index >= 15 is 0 Å². The molecule has 0 saturated heterocycles. The lowest BCUT2D eigenvalue weighted by molar-refractivity contribution is 0.449. The Hall–Kier alpha value is -3.00. The molecular weight excluding hydrogens is 350 g/mol. The van der Waals surface area contributed by atoms with E-state index in [0.717, 1.165) is 9.98 Å². The van der Waals surface area contributed by atoms with Gasteiger partial charge in [0.25, 0.3) is 10.0 Å². The normalized spacial score (nSPS) is 17.3. The van der Waals surface area contributed by atoms with E-state index in [2.05, 4.69) is 15.1 Å². The Bertz CT molecular complexity index is 1050. The van der Waals surface area contributed by atoms with E-state index in [0.29, 0.717) is 11.4 Å². The van der Waals surface area contributed by atoms with Crippen LogP contribution < -0.4 is 0 Å². The largest absolute Gasteiger partial charge is 0.339 e. The summed E-state index contributed by atoms with van der Waals surface area (Å²) >= 11 is 0. The Balaban J connectivity index is 1.78. The highest BCUT2D eigenvalue weighted by atomic mass is 32.2. The summed E-state index contributed by atoms with van der Waals surface area (Å²) in [5.74, 6) is -0.190. The van der Waals surface area contributed by atoms with Crippen LogP contribution in [0.3, 0.4) is 0 Å². The number of benzene rings is 1. The zero-order chi connectivity index (χ0) is 18.1. The van der Waals surface area contributed by atoms with Crippen molar-refractivity contribution < 1.29 is 8.42 Å². The highest BCUT2D eigenvalue weighted by Crippen LogP contribution is 2.31. The first-order valence-corrected chi connectivity index (χ1v) is 9.55. The third kappa shape index (κ3) is 2.88. The number of imidazole rings is 1. The van der Waals surface area contributed by atoms with Crippen molar-refractivity contribution in [1.82, 2.24) is 18.9 Å². The van der Waals surface area contributed by atoms with Gasteiger partial charge in [-0.25, -0.2) is 4.98 Å². The van der Waals surface area contributed by atoms with Gasteiger partial charge in [-0.3, -0.25) is 4.98 Å². The van der Waals surface area contributed by atoms with Crippen molar-refractivity contribution in [3.63, 3.8) is 0 Å². The van der Waals surface area contributed by atoms with E-state index in [1.165, 1.54) is 12.5 Å². The molecule has 0 spiro atoms. The average Bonchev–Trinajstić information content (AvgIpc) is 3.30. The number of aryl methyl sites for hydroxylation is 1. The van der Waals surface area contributed by atoms with Crippen LogP contribution in [0.1, 0.15) is 17.2 Å². The second kappa shape index (κ2) is 6.38. The molecule has 0 bridgehead atoms. The summed E-state index contributed by atoms with van der Waals surface area (Å²) in [6, 6.07) is 15.3. The van der Waals surface area contributed by atoms with E-state index in [4.69, 9.17) is 0 Å². The second-order valence-electron chi connectivity index (χ2n) is 6.05. The maximum absolute atomic E-state index is 12.9. The fourth-order valence-electron chi connectivity index (χ4n) is 2.95. The van der Waals surface area contributed by atoms with Gasteiger partial charge < -0.3 is 4.57 Å². The molecular formula is C18H17N5O2S. The number of hydrazone groups is 1. The molecule has 0 aliphatic carbocycles. The molecule has 0 N–H and O–H groups in total. The molecule has 0 saturated carbocycles. The van der Waals surface area contributed by atoms with Gasteiger partial charge >= 0.3 is 0 Å². The fraction of sp³-hybridized carbons (Fsp3) is 0.167. The van der Waals surface area contributed by atoms with E-state index in [-0.39, 0.29) is 17.5 Å². The van der Waals surface area contributed by atoms with Crippen molar-refractivity contribution in [1.29, 1.82) is 0 Å². The van der Waals surface area contributed by atoms with Gasteiger partial charge in [-0.15, -0.1) is 0 Å². The third-order valence-electron chi connectivity index (χ3n) is 4.24. The molecule has 0 fully saturated rings. The molecule has 1 aromatic carbocycles. The number of hydrogen-bond donors (Lipinski definition) is 0. The zero-order valence-electron chi connectivity index (χ0n) is 14.1. The minimum absolute atomic E-state index is 0.0159. The van der Waals surface area contributed by atoms with Gasteiger partial charge in [0, 0.05) is 19.4 Å². The van der Waals surface area contributed by atoms with Crippen molar-refractivity contribution >= 4 is 15.7 Å². The lowest BCUT2D eigenvalue weighted by Gasteiger charge is -2.15. The maximum atomic E-state index is 12.9. The van der Waals surface area contributed by atoms with E-state index < -0.39 is 10.0 Å². The number of sulfonamides is 1. The van der Waals surface area contributed by atoms with Crippen LogP contribution in [0.5, 0.6) is 0 Å². The SMILES string of the molecule is Cn1cnc(S(=O)(=O)N2CC(c3ccccc3)C(c3ccccn3)=N2)c1. The molecule has 8 heteroatoms. The maximum Gasteiger partial charge on any atom is 0.298 e. The van der Waals surface area contributed by atoms with Gasteiger partial charge in [0.2, 0.25) is 0 Å². The molecule has 1 aliphatic rings. The molecule has 1 atom stereocenters. The van der Waals surface area contributed by atoms with Crippen LogP contribution in [0.25, 0.3) is 0 Å². The topological polar surface area (TPSA) is 80.5 Å². The number of rotatable bonds is 4. The van der Waals surface area contributed by atoms with Crippen LogP contribution in [0.4, 0.5) is 0 Å². The minimum Gasteiger partial charge on any atom is -0.339 e. The van der Waals surface area contributed by atoms with Gasteiger partial charge in [-0.05, 0) is 17.7 Å². The molecule has 2 aromatic heterocycles. The predicted octanol–water partition coefficient (Wildman–Crippen LogP) is 2.01. The summed E-state index contributed by atoms with van der Waals surface area (Å²) in [6.45, 7) is 0.217. The van der Waals surface area contributed by atoms with Crippen molar-refractivity contribution in [3.05, 3.63) is 78.5 Å². The number of nitrogens with zero attached hydrogens (tertiary/aromatic N) is 5. The standard InChI is InChI=1S/C18H17N5O2S/c1-22-12-17(20-13-22)26(24,25)23-11-15(14-7-3-2-4-8-14)18(21-23)16-9-5-6-10-19-16/h2-10,12-13,15H,11H2,1H3. The molecule has 4 rings (SSSR count). The Morgan fingerprint density at radius 3 is 2.46 bits per heavy atom. The van der Waals surface area contributed by atoms with Gasteiger partial charge in [0.15, 0.2) is 5.03 Å². The zero-order valence-corrected chi connectivity index (χ0v) is 14.9. The molecule has 0 radical (unpaired) electrons. The first kappa shape index (κ1) is 16.5. The molecule has 0 amide bonds. The fourth-order valence-corrected chi connectivity index (χ4v) is 4.18. The van der Waals surface area contributed by atoms with Crippen LogP contribution in [0, 0.1) is 0 Å². The first-order chi connectivity index (χ1) is 12.6. The summed E-state index contributed by atoms with van der Waals surface area (Å²) in [7, 11) is -2.09. The van der Waals surface area contributed by atoms with Gasteiger partial charge in [0.1, 0.15) is 0 Å². The summed E-state index contributed by atoms with van der Waals surface area (Å²) in [5.41, 5.74) is 2.30. The quantitative estimate of drug-likeness (QED) is 0.706. The molecule has 1 unspecified atom stereocenters. The van der Waals surface area contributed by atoms with Crippen molar-refractivity contribution in [3.8, 4) is 0 Å². The number of aromatic nitrogens is 3. The molecule has 1 aliphatic heterocycles. The van der Waals surface area contributed by atoms with Crippen molar-refractivity contribution in [2.24, 2.45) is 12.1 Å². The summed E-state index contributed by atoms with van der Waals surface area (Å²) < 4.78 is 28.6. The van der Waals surface area contributed by atoms with Crippen molar-refractivity contribution in [2.45, 2.75) is 10.9 Å². The van der Waals surface area contributed by atoms with Gasteiger partial charge in [-0.2, -0.15) is 17.9 Å².